The number of anilines is 2. The normalized spacial score (nSPS) is 20.1. The quantitative estimate of drug-likeness (QED) is 0.140. The second kappa shape index (κ2) is 16.4. The lowest BCUT2D eigenvalue weighted by molar-refractivity contribution is -0.929. The lowest BCUT2D eigenvalue weighted by Crippen LogP contribution is -2.62. The van der Waals surface area contributed by atoms with E-state index in [4.69, 9.17) is 11.6 Å². The van der Waals surface area contributed by atoms with Gasteiger partial charge in [0.15, 0.2) is 12.4 Å². The Morgan fingerprint density at radius 3 is 2.34 bits per heavy atom. The van der Waals surface area contributed by atoms with Crippen LogP contribution in [0.25, 0.3) is 22.5 Å². The number of likely N-dealkylation sites (tertiary alicyclic amines) is 1. The standard InChI is InChI=1S/C38H43ClF3N11O5/c1-43-29-15-24(5-8-45-29)32-31(33(49-48-32)38(40,41)42)28-19-46-34(50(28)2)35(56)47-25-3-4-26(27(39)16-25)37(58)52-11-9-51(10-12-52)36(57)23-6-13-53(14-7-23,21-30(54)55)20-22-17-44-18-22/h3-5,8,15-16,19,22-23,44H,6-7,9-14,17-18,20-21H2,1-2H3,(H3-,43,45,47,48,49,54,55,56,58)/p+1. The van der Waals surface area contributed by atoms with Crippen LogP contribution in [0.5, 0.6) is 0 Å². The van der Waals surface area contributed by atoms with Gasteiger partial charge in [0.2, 0.25) is 5.91 Å². The van der Waals surface area contributed by atoms with Gasteiger partial charge in [-0.1, -0.05) is 11.6 Å². The molecule has 3 aliphatic rings. The molecule has 3 aromatic heterocycles. The third-order valence-electron chi connectivity index (χ3n) is 11.4. The molecule has 1 aromatic carbocycles. The summed E-state index contributed by atoms with van der Waals surface area (Å²) in [6.07, 6.45) is -0.948. The molecule has 0 aliphatic carbocycles. The molecule has 7 rings (SSSR count). The maximum Gasteiger partial charge on any atom is 0.433 e. The maximum absolute atomic E-state index is 14.2. The summed E-state index contributed by atoms with van der Waals surface area (Å²) in [4.78, 5) is 63.8. The third-order valence-corrected chi connectivity index (χ3v) is 11.7. The molecule has 20 heteroatoms. The number of imidazole rings is 1. The number of aromatic nitrogens is 5. The van der Waals surface area contributed by atoms with Crippen LogP contribution in [0.2, 0.25) is 5.02 Å². The number of hydrogen-bond acceptors (Lipinski definition) is 9. The molecule has 0 unspecified atom stereocenters. The lowest BCUT2D eigenvalue weighted by atomic mass is 9.90. The number of carboxylic acid groups (broad SMARTS) is 1. The second-order valence-corrected chi connectivity index (χ2v) is 15.5. The Balaban J connectivity index is 0.972. The first-order valence-corrected chi connectivity index (χ1v) is 19.3. The fourth-order valence-electron chi connectivity index (χ4n) is 8.16. The van der Waals surface area contributed by atoms with Crippen LogP contribution in [-0.4, -0.2) is 140 Å². The molecule has 58 heavy (non-hydrogen) atoms. The number of piperidine rings is 1. The predicted octanol–water partition coefficient (Wildman–Crippen LogP) is 3.65. The summed E-state index contributed by atoms with van der Waals surface area (Å²) in [7, 11) is 3.04. The van der Waals surface area contributed by atoms with E-state index in [-0.39, 0.29) is 63.3 Å². The Hall–Kier alpha value is -5.53. The van der Waals surface area contributed by atoms with Crippen LogP contribution in [0, 0.1) is 11.8 Å². The number of carbonyl (C=O) groups excluding carboxylic acids is 3. The Bertz CT molecular complexity index is 2210. The molecule has 5 N–H and O–H groups in total. The molecule has 3 amide bonds. The monoisotopic (exact) mass is 826 g/mol. The largest absolute Gasteiger partial charge is 0.477 e. The van der Waals surface area contributed by atoms with Gasteiger partial charge >= 0.3 is 12.1 Å². The van der Waals surface area contributed by atoms with Crippen LogP contribution >= 0.6 is 11.6 Å². The number of piperazine rings is 1. The smallest absolute Gasteiger partial charge is 0.433 e. The van der Waals surface area contributed by atoms with E-state index in [0.717, 1.165) is 25.8 Å². The van der Waals surface area contributed by atoms with Crippen molar-refractivity contribution < 1.29 is 41.9 Å². The number of H-pyrrole nitrogens is 1. The van der Waals surface area contributed by atoms with Crippen molar-refractivity contribution in [2.75, 3.05) is 83.1 Å². The van der Waals surface area contributed by atoms with Gasteiger partial charge in [0.25, 0.3) is 11.8 Å². The van der Waals surface area contributed by atoms with Gasteiger partial charge in [0.1, 0.15) is 17.2 Å². The zero-order valence-electron chi connectivity index (χ0n) is 31.9. The Labute approximate surface area is 336 Å². The molecule has 3 aliphatic heterocycles. The Morgan fingerprint density at radius 2 is 1.72 bits per heavy atom. The number of aliphatic carboxylic acids is 1. The third kappa shape index (κ3) is 8.37. The molecule has 0 saturated carbocycles. The number of aromatic amines is 1. The van der Waals surface area contributed by atoms with E-state index >= 15 is 0 Å². The summed E-state index contributed by atoms with van der Waals surface area (Å²) >= 11 is 6.56. The zero-order valence-corrected chi connectivity index (χ0v) is 32.7. The van der Waals surface area contributed by atoms with E-state index < -0.39 is 23.7 Å². The van der Waals surface area contributed by atoms with E-state index in [1.807, 2.05) is 0 Å². The van der Waals surface area contributed by atoms with Crippen LogP contribution in [-0.2, 0) is 22.8 Å². The average Bonchev–Trinajstić information content (AvgIpc) is 3.80. The molecule has 0 atom stereocenters. The molecule has 0 spiro atoms. The van der Waals surface area contributed by atoms with Crippen molar-refractivity contribution in [3.05, 3.63) is 64.8 Å². The highest BCUT2D eigenvalue weighted by Gasteiger charge is 2.43. The number of nitrogens with zero attached hydrogens (tertiary/aromatic N) is 7. The van der Waals surface area contributed by atoms with Crippen molar-refractivity contribution in [2.24, 2.45) is 18.9 Å². The molecule has 16 nitrogen and oxygen atoms in total. The number of carboxylic acids is 1. The fourth-order valence-corrected chi connectivity index (χ4v) is 8.43. The minimum Gasteiger partial charge on any atom is -0.477 e. The topological polar surface area (TPSA) is 190 Å². The van der Waals surface area contributed by atoms with Crippen LogP contribution in [0.15, 0.2) is 42.7 Å². The van der Waals surface area contributed by atoms with Gasteiger partial charge in [0.05, 0.1) is 47.7 Å². The van der Waals surface area contributed by atoms with Crippen molar-refractivity contribution in [2.45, 2.75) is 19.0 Å². The summed E-state index contributed by atoms with van der Waals surface area (Å²) in [6, 6.07) is 7.44. The van der Waals surface area contributed by atoms with E-state index in [9.17, 15) is 37.5 Å². The highest BCUT2D eigenvalue weighted by molar-refractivity contribution is 6.34. The lowest BCUT2D eigenvalue weighted by Gasteiger charge is -2.46. The number of pyridine rings is 1. The van der Waals surface area contributed by atoms with Gasteiger partial charge in [-0.2, -0.15) is 18.3 Å². The summed E-state index contributed by atoms with van der Waals surface area (Å²) < 4.78 is 44.3. The summed E-state index contributed by atoms with van der Waals surface area (Å²) in [5.74, 6) is -1.36. The van der Waals surface area contributed by atoms with Crippen molar-refractivity contribution in [1.82, 2.24) is 39.8 Å². The Kier molecular flexibility index (Phi) is 11.5. The summed E-state index contributed by atoms with van der Waals surface area (Å²) in [6.45, 7) is 5.25. The van der Waals surface area contributed by atoms with Crippen LogP contribution in [0.4, 0.5) is 24.7 Å². The van der Waals surface area contributed by atoms with Crippen LogP contribution in [0.3, 0.4) is 0 Å². The fraction of sp³-hybridized carbons (Fsp3) is 0.447. The van der Waals surface area contributed by atoms with Gasteiger partial charge in [-0.15, -0.1) is 0 Å². The molecule has 0 bridgehead atoms. The van der Waals surface area contributed by atoms with Crippen molar-refractivity contribution in [3.63, 3.8) is 0 Å². The Morgan fingerprint density at radius 1 is 1.02 bits per heavy atom. The van der Waals surface area contributed by atoms with Crippen molar-refractivity contribution in [3.8, 4) is 22.5 Å². The molecule has 3 saturated heterocycles. The van der Waals surface area contributed by atoms with Crippen molar-refractivity contribution in [1.29, 1.82) is 0 Å². The van der Waals surface area contributed by atoms with Gasteiger partial charge < -0.3 is 39.9 Å². The van der Waals surface area contributed by atoms with Crippen molar-refractivity contribution >= 4 is 46.8 Å². The number of benzene rings is 1. The second-order valence-electron chi connectivity index (χ2n) is 15.1. The van der Waals surface area contributed by atoms with E-state index in [1.165, 1.54) is 42.1 Å². The molecule has 0 radical (unpaired) electrons. The number of hydrogen-bond donors (Lipinski definition) is 5. The van der Waals surface area contributed by atoms with Gasteiger partial charge in [-0.25, -0.2) is 14.8 Å². The van der Waals surface area contributed by atoms with Gasteiger partial charge in [-0.05, 0) is 30.3 Å². The number of nitrogens with one attached hydrogen (secondary N) is 4. The molecular weight excluding hydrogens is 783 g/mol. The number of rotatable bonds is 11. The maximum atomic E-state index is 14.2. The number of amides is 3. The number of carbonyl (C=O) groups is 4. The average molecular weight is 827 g/mol. The first kappa shape index (κ1) is 40.7. The van der Waals surface area contributed by atoms with E-state index in [0.29, 0.717) is 73.9 Å². The SMILES string of the molecule is CNc1cc(-c2n[nH]c(C(F)(F)F)c2-c2cnc(C(=O)Nc3ccc(C(=O)N4CCN(C(=O)C5CC[N+](CC(=O)O)(CC6CNC6)CC5)CC4)c(Cl)c3)n2C)ccn1. The predicted molar refractivity (Wildman–Crippen MR) is 207 cm³/mol. The molecule has 6 heterocycles. The minimum atomic E-state index is -4.80. The van der Waals surface area contributed by atoms with Crippen LogP contribution in [0.1, 0.15) is 39.5 Å². The first-order valence-electron chi connectivity index (χ1n) is 18.9. The zero-order chi connectivity index (χ0) is 41.4. The van der Waals surface area contributed by atoms with Gasteiger partial charge in [-0.3, -0.25) is 19.5 Å². The highest BCUT2D eigenvalue weighted by Crippen LogP contribution is 2.41. The van der Waals surface area contributed by atoms with E-state index in [1.54, 1.807) is 22.9 Å². The van der Waals surface area contributed by atoms with Gasteiger partial charge in [0, 0.05) is 95.5 Å². The summed E-state index contributed by atoms with van der Waals surface area (Å²) in [5, 5.41) is 24.5. The number of halogens is 4. The minimum absolute atomic E-state index is 0.0112. The molecule has 3 fully saturated rings. The first-order chi connectivity index (χ1) is 27.7. The number of alkyl halides is 3. The summed E-state index contributed by atoms with van der Waals surface area (Å²) in [5.41, 5.74) is -0.652. The molecular formula is C38H44ClF3N11O5+. The molecule has 308 valence electrons. The van der Waals surface area contributed by atoms with E-state index in [2.05, 4.69) is 36.1 Å². The van der Waals surface area contributed by atoms with Crippen LogP contribution < -0.4 is 16.0 Å². The molecule has 4 aromatic rings. The highest BCUT2D eigenvalue weighted by atomic mass is 35.5. The number of quaternary nitrogens is 1.